The molecule has 0 unspecified atom stereocenters. The van der Waals surface area contributed by atoms with Crippen molar-refractivity contribution < 1.29 is 0 Å². The maximum absolute atomic E-state index is 8.18. The van der Waals surface area contributed by atoms with E-state index in [0.717, 1.165) is 0 Å². The van der Waals surface area contributed by atoms with Gasteiger partial charge in [-0.1, -0.05) is 0 Å². The minimum atomic E-state index is 0. The van der Waals surface area contributed by atoms with Gasteiger partial charge in [0.25, 0.3) is 0 Å². The van der Waals surface area contributed by atoms with E-state index >= 15 is 0 Å². The van der Waals surface area contributed by atoms with Crippen molar-refractivity contribution in [1.29, 1.82) is 15.8 Å². The number of rotatable bonds is 3. The van der Waals surface area contributed by atoms with Crippen LogP contribution in [0.4, 0.5) is 0 Å². The van der Waals surface area contributed by atoms with Crippen LogP contribution in [0.3, 0.4) is 0 Å². The van der Waals surface area contributed by atoms with E-state index in [9.17, 15) is 0 Å². The molecule has 0 aliphatic carbocycles. The summed E-state index contributed by atoms with van der Waals surface area (Å²) in [5.74, 6) is 0. The van der Waals surface area contributed by atoms with Crippen LogP contribution in [0.15, 0.2) is 0 Å². The van der Waals surface area contributed by atoms with Gasteiger partial charge in [-0.25, -0.2) is 0 Å². The third-order valence-corrected chi connectivity index (χ3v) is 0.883. The molecule has 5 heteroatoms. The van der Waals surface area contributed by atoms with Crippen LogP contribution in [0.2, 0.25) is 0 Å². The van der Waals surface area contributed by atoms with Crippen LogP contribution in [-0.4, -0.2) is 54.1 Å². The fourth-order valence-corrected chi connectivity index (χ4v) is 0.468. The first-order valence-electron chi connectivity index (χ1n) is 2.68. The zero-order valence-corrected chi connectivity index (χ0v) is 8.41. The quantitative estimate of drug-likeness (QED) is 0.408. The largest absolute Gasteiger partial charge is 0.264 e. The van der Waals surface area contributed by atoms with Gasteiger partial charge < -0.3 is 0 Å². The van der Waals surface area contributed by atoms with Crippen LogP contribution in [0.1, 0.15) is 0 Å². The molecule has 0 heterocycles. The molecule has 0 aliphatic heterocycles. The second-order valence-corrected chi connectivity index (χ2v) is 1.62. The van der Waals surface area contributed by atoms with Gasteiger partial charge in [-0.2, -0.15) is 15.8 Å². The first-order chi connectivity index (χ1) is 4.85. The zero-order valence-electron chi connectivity index (χ0n) is 6.41. The van der Waals surface area contributed by atoms with E-state index in [0.29, 0.717) is 0 Å². The van der Waals surface area contributed by atoms with Crippen LogP contribution >= 0.6 is 0 Å². The number of nitrogens with zero attached hydrogens (tertiary/aromatic N) is 4. The molecule has 0 aromatic rings. The van der Waals surface area contributed by atoms with Gasteiger partial charge in [-0.05, 0) is 0 Å². The molecule has 0 rings (SSSR count). The van der Waals surface area contributed by atoms with Crippen molar-refractivity contribution in [3.8, 4) is 18.2 Å². The van der Waals surface area contributed by atoms with Gasteiger partial charge in [0.15, 0.2) is 0 Å². The van der Waals surface area contributed by atoms with Gasteiger partial charge in [0.2, 0.25) is 0 Å². The van der Waals surface area contributed by atoms with Gasteiger partial charge in [0, 0.05) is 29.6 Å². The van der Waals surface area contributed by atoms with E-state index < -0.39 is 0 Å². The summed E-state index contributed by atoms with van der Waals surface area (Å²) in [6.45, 7) is 0.420. The summed E-state index contributed by atoms with van der Waals surface area (Å²) in [4.78, 5) is 1.46. The molecule has 0 aromatic carbocycles. The van der Waals surface area contributed by atoms with Crippen LogP contribution in [0.5, 0.6) is 0 Å². The topological polar surface area (TPSA) is 74.6 Å². The van der Waals surface area contributed by atoms with E-state index in [2.05, 4.69) is 0 Å². The monoisotopic (exact) mass is 157 g/mol. The minimum Gasteiger partial charge on any atom is -0.264 e. The summed E-state index contributed by atoms with van der Waals surface area (Å²) in [5, 5.41) is 24.5. The second-order valence-electron chi connectivity index (χ2n) is 1.62. The molecular weight excluding hydrogens is 151 g/mol. The SMILES string of the molecule is N#CCN(CC#N)CC#N.[Na]. The Morgan fingerprint density at radius 3 is 1.27 bits per heavy atom. The number of hydrogen-bond acceptors (Lipinski definition) is 4. The summed E-state index contributed by atoms with van der Waals surface area (Å²) in [6, 6.07) is 5.58. The molecule has 0 saturated carbocycles. The first-order valence-corrected chi connectivity index (χ1v) is 2.68. The molecular formula is C6H6N4Na. The molecule has 0 fully saturated rings. The van der Waals surface area contributed by atoms with Crippen molar-refractivity contribution >= 4 is 29.6 Å². The third-order valence-electron chi connectivity index (χ3n) is 0.883. The number of hydrogen-bond donors (Lipinski definition) is 0. The van der Waals surface area contributed by atoms with Crippen molar-refractivity contribution in [2.45, 2.75) is 0 Å². The Morgan fingerprint density at radius 1 is 0.818 bits per heavy atom. The molecule has 4 nitrogen and oxygen atoms in total. The molecule has 0 spiro atoms. The van der Waals surface area contributed by atoms with Crippen molar-refractivity contribution in [1.82, 2.24) is 4.90 Å². The maximum Gasteiger partial charge on any atom is 0.0882 e. The Kier molecular flexibility index (Phi) is 11.2. The maximum atomic E-state index is 8.18. The third kappa shape index (κ3) is 7.33. The predicted octanol–water partition coefficient (Wildman–Crippen LogP) is -0.522. The first kappa shape index (κ1) is 13.1. The summed E-state index contributed by atoms with van der Waals surface area (Å²) in [5.41, 5.74) is 0. The van der Waals surface area contributed by atoms with Crippen LogP contribution < -0.4 is 0 Å². The molecule has 1 radical (unpaired) electrons. The molecule has 11 heavy (non-hydrogen) atoms. The average molecular weight is 157 g/mol. The zero-order chi connectivity index (χ0) is 7.82. The molecule has 0 bridgehead atoms. The molecule has 0 saturated heterocycles. The van der Waals surface area contributed by atoms with E-state index in [1.165, 1.54) is 4.90 Å². The Bertz CT molecular complexity index is 168. The summed E-state index contributed by atoms with van der Waals surface area (Å²) >= 11 is 0. The van der Waals surface area contributed by atoms with Gasteiger partial charge in [0.05, 0.1) is 37.8 Å². The minimum absolute atomic E-state index is 0. The Balaban J connectivity index is 0. The molecule has 51 valence electrons. The smallest absolute Gasteiger partial charge is 0.0882 e. The summed E-state index contributed by atoms with van der Waals surface area (Å²) < 4.78 is 0. The van der Waals surface area contributed by atoms with Crippen LogP contribution in [-0.2, 0) is 0 Å². The van der Waals surface area contributed by atoms with Crippen molar-refractivity contribution in [2.75, 3.05) is 19.6 Å². The van der Waals surface area contributed by atoms with Crippen molar-refractivity contribution in [3.63, 3.8) is 0 Å². The Morgan fingerprint density at radius 2 is 1.09 bits per heavy atom. The van der Waals surface area contributed by atoms with E-state index in [1.807, 2.05) is 18.2 Å². The van der Waals surface area contributed by atoms with Crippen LogP contribution in [0, 0.1) is 34.0 Å². The molecule has 0 aliphatic rings. The van der Waals surface area contributed by atoms with Crippen LogP contribution in [0.25, 0.3) is 0 Å². The van der Waals surface area contributed by atoms with E-state index in [-0.39, 0.29) is 49.2 Å². The Hall–Kier alpha value is -0.570. The fraction of sp³-hybridized carbons (Fsp3) is 0.500. The van der Waals surface area contributed by atoms with Gasteiger partial charge >= 0.3 is 0 Å². The summed E-state index contributed by atoms with van der Waals surface area (Å²) in [7, 11) is 0. The molecule has 0 amide bonds. The van der Waals surface area contributed by atoms with E-state index in [1.54, 1.807) is 0 Å². The van der Waals surface area contributed by atoms with Crippen molar-refractivity contribution in [3.05, 3.63) is 0 Å². The van der Waals surface area contributed by atoms with Crippen molar-refractivity contribution in [2.24, 2.45) is 0 Å². The second kappa shape index (κ2) is 9.43. The Labute approximate surface area is 87.9 Å². The fourth-order valence-electron chi connectivity index (χ4n) is 0.468. The normalized spacial score (nSPS) is 7.09. The molecule has 0 N–H and O–H groups in total. The van der Waals surface area contributed by atoms with Gasteiger partial charge in [-0.15, -0.1) is 0 Å². The number of nitriles is 3. The average Bonchev–Trinajstić information content (AvgIpc) is 1.90. The molecule has 0 atom stereocenters. The predicted molar refractivity (Wildman–Crippen MR) is 39.0 cm³/mol. The molecule has 0 aromatic heterocycles. The standard InChI is InChI=1S/C6H6N4.Na/c7-1-4-10(5-2-8)6-3-9;/h4-6H2;. The van der Waals surface area contributed by atoms with Gasteiger partial charge in [0.1, 0.15) is 0 Å². The van der Waals surface area contributed by atoms with Gasteiger partial charge in [-0.3, -0.25) is 4.90 Å². The van der Waals surface area contributed by atoms with E-state index in [4.69, 9.17) is 15.8 Å². The summed E-state index contributed by atoms with van der Waals surface area (Å²) in [6.07, 6.45) is 0.